The average Bonchev–Trinajstić information content (AvgIpc) is 2.48. The van der Waals surface area contributed by atoms with Crippen LogP contribution < -0.4 is 5.32 Å². The van der Waals surface area contributed by atoms with E-state index >= 15 is 0 Å². The third-order valence-corrected chi connectivity index (χ3v) is 5.42. The van der Waals surface area contributed by atoms with Crippen LogP contribution in [0.3, 0.4) is 0 Å². The van der Waals surface area contributed by atoms with E-state index in [0.717, 1.165) is 12.5 Å². The standard InChI is InChI=1S/C18H29NS/c1-3-10-19-18(13-16-8-11-20-12-9-16)14-17-7-5-4-6-15(17)2/h4-7,16,18-19H,3,8-14H2,1-2H3. The highest BCUT2D eigenvalue weighted by Gasteiger charge is 2.19. The lowest BCUT2D eigenvalue weighted by molar-refractivity contribution is 0.362. The van der Waals surface area contributed by atoms with Gasteiger partial charge in [0.25, 0.3) is 0 Å². The molecule has 0 amide bonds. The maximum atomic E-state index is 3.79. The minimum Gasteiger partial charge on any atom is -0.314 e. The normalized spacial score (nSPS) is 18.1. The molecule has 1 nitrogen and oxygen atoms in total. The van der Waals surface area contributed by atoms with Crippen molar-refractivity contribution >= 4 is 11.8 Å². The van der Waals surface area contributed by atoms with Crippen LogP contribution in [0.15, 0.2) is 24.3 Å². The fourth-order valence-corrected chi connectivity index (χ4v) is 4.28. The Kier molecular flexibility index (Phi) is 6.95. The lowest BCUT2D eigenvalue weighted by Crippen LogP contribution is -2.34. The predicted molar refractivity (Wildman–Crippen MR) is 91.6 cm³/mol. The molecule has 0 bridgehead atoms. The van der Waals surface area contributed by atoms with Crippen LogP contribution in [-0.2, 0) is 6.42 Å². The number of rotatable bonds is 7. The van der Waals surface area contributed by atoms with Gasteiger partial charge in [0.1, 0.15) is 0 Å². The second kappa shape index (κ2) is 8.74. The van der Waals surface area contributed by atoms with E-state index in [9.17, 15) is 0 Å². The van der Waals surface area contributed by atoms with Crippen LogP contribution in [0.25, 0.3) is 0 Å². The van der Waals surface area contributed by atoms with Gasteiger partial charge in [-0.1, -0.05) is 31.2 Å². The monoisotopic (exact) mass is 291 g/mol. The van der Waals surface area contributed by atoms with Crippen LogP contribution in [0.1, 0.15) is 43.7 Å². The summed E-state index contributed by atoms with van der Waals surface area (Å²) >= 11 is 2.13. The SMILES string of the molecule is CCCNC(Cc1ccccc1C)CC1CCSCC1. The van der Waals surface area contributed by atoms with Crippen LogP contribution in [0.2, 0.25) is 0 Å². The molecule has 1 heterocycles. The van der Waals surface area contributed by atoms with Crippen molar-refractivity contribution < 1.29 is 0 Å². The highest BCUT2D eigenvalue weighted by atomic mass is 32.2. The molecule has 0 spiro atoms. The molecule has 1 aliphatic rings. The van der Waals surface area contributed by atoms with Gasteiger partial charge in [0.05, 0.1) is 0 Å². The van der Waals surface area contributed by atoms with Gasteiger partial charge in [-0.15, -0.1) is 0 Å². The summed E-state index contributed by atoms with van der Waals surface area (Å²) < 4.78 is 0. The highest BCUT2D eigenvalue weighted by Crippen LogP contribution is 2.27. The van der Waals surface area contributed by atoms with Crippen molar-refractivity contribution in [2.24, 2.45) is 5.92 Å². The van der Waals surface area contributed by atoms with Crippen molar-refractivity contribution in [1.82, 2.24) is 5.32 Å². The molecule has 1 aromatic carbocycles. The number of hydrogen-bond donors (Lipinski definition) is 1. The Bertz CT molecular complexity index is 385. The van der Waals surface area contributed by atoms with Gasteiger partial charge in [0.2, 0.25) is 0 Å². The summed E-state index contributed by atoms with van der Waals surface area (Å²) in [6.45, 7) is 5.65. The smallest absolute Gasteiger partial charge is 0.0110 e. The largest absolute Gasteiger partial charge is 0.314 e. The molecule has 1 aromatic rings. The average molecular weight is 292 g/mol. The zero-order valence-corrected chi connectivity index (χ0v) is 13.8. The molecule has 112 valence electrons. The first-order valence-corrected chi connectivity index (χ1v) is 9.30. The molecule has 1 fully saturated rings. The number of hydrogen-bond acceptors (Lipinski definition) is 2. The van der Waals surface area contributed by atoms with E-state index in [1.807, 2.05) is 0 Å². The lowest BCUT2D eigenvalue weighted by atomic mass is 9.90. The highest BCUT2D eigenvalue weighted by molar-refractivity contribution is 7.99. The van der Waals surface area contributed by atoms with E-state index in [4.69, 9.17) is 0 Å². The molecule has 0 radical (unpaired) electrons. The second-order valence-corrected chi connectivity index (χ2v) is 7.30. The van der Waals surface area contributed by atoms with Gasteiger partial charge in [0.15, 0.2) is 0 Å². The van der Waals surface area contributed by atoms with E-state index in [1.165, 1.54) is 54.7 Å². The molecule has 1 atom stereocenters. The Morgan fingerprint density at radius 3 is 2.70 bits per heavy atom. The first-order valence-electron chi connectivity index (χ1n) is 8.15. The first-order chi connectivity index (χ1) is 9.79. The fourth-order valence-electron chi connectivity index (χ4n) is 3.08. The van der Waals surface area contributed by atoms with E-state index in [1.54, 1.807) is 0 Å². The van der Waals surface area contributed by atoms with Crippen molar-refractivity contribution in [1.29, 1.82) is 0 Å². The van der Waals surface area contributed by atoms with E-state index < -0.39 is 0 Å². The Morgan fingerprint density at radius 2 is 2.00 bits per heavy atom. The maximum absolute atomic E-state index is 3.79. The van der Waals surface area contributed by atoms with E-state index in [2.05, 4.69) is 55.2 Å². The summed E-state index contributed by atoms with van der Waals surface area (Å²) in [4.78, 5) is 0. The molecule has 2 heteroatoms. The van der Waals surface area contributed by atoms with Gasteiger partial charge in [-0.05, 0) is 74.1 Å². The predicted octanol–water partition coefficient (Wildman–Crippen LogP) is 4.44. The van der Waals surface area contributed by atoms with Gasteiger partial charge in [-0.25, -0.2) is 0 Å². The molecule has 0 saturated carbocycles. The minimum absolute atomic E-state index is 0.657. The molecular formula is C18H29NS. The summed E-state index contributed by atoms with van der Waals surface area (Å²) in [6, 6.07) is 9.52. The van der Waals surface area contributed by atoms with Crippen molar-refractivity contribution in [2.45, 2.75) is 52.0 Å². The zero-order valence-electron chi connectivity index (χ0n) is 13.0. The zero-order chi connectivity index (χ0) is 14.2. The Morgan fingerprint density at radius 1 is 1.25 bits per heavy atom. The number of nitrogens with one attached hydrogen (secondary N) is 1. The fraction of sp³-hybridized carbons (Fsp3) is 0.667. The summed E-state index contributed by atoms with van der Waals surface area (Å²) in [5.74, 6) is 3.68. The molecule has 0 aliphatic carbocycles. The maximum Gasteiger partial charge on any atom is 0.0110 e. The molecule has 1 saturated heterocycles. The first kappa shape index (κ1) is 15.9. The van der Waals surface area contributed by atoms with Gasteiger partial charge in [-0.2, -0.15) is 11.8 Å². The summed E-state index contributed by atoms with van der Waals surface area (Å²) in [5.41, 5.74) is 2.96. The second-order valence-electron chi connectivity index (χ2n) is 6.07. The molecule has 0 aromatic heterocycles. The van der Waals surface area contributed by atoms with Crippen LogP contribution >= 0.6 is 11.8 Å². The third-order valence-electron chi connectivity index (χ3n) is 4.37. The van der Waals surface area contributed by atoms with Gasteiger partial charge in [0, 0.05) is 6.04 Å². The molecule has 1 N–H and O–H groups in total. The van der Waals surface area contributed by atoms with Crippen molar-refractivity contribution in [3.05, 3.63) is 35.4 Å². The summed E-state index contributed by atoms with van der Waals surface area (Å²) in [7, 11) is 0. The van der Waals surface area contributed by atoms with Crippen LogP contribution in [0.5, 0.6) is 0 Å². The molecule has 1 aliphatic heterocycles. The van der Waals surface area contributed by atoms with Crippen molar-refractivity contribution in [3.63, 3.8) is 0 Å². The van der Waals surface area contributed by atoms with Crippen LogP contribution in [0.4, 0.5) is 0 Å². The van der Waals surface area contributed by atoms with Gasteiger partial charge < -0.3 is 5.32 Å². The topological polar surface area (TPSA) is 12.0 Å². The molecule has 1 unspecified atom stereocenters. The van der Waals surface area contributed by atoms with Gasteiger partial charge >= 0.3 is 0 Å². The minimum atomic E-state index is 0.657. The Labute approximate surface area is 128 Å². The summed E-state index contributed by atoms with van der Waals surface area (Å²) in [6.07, 6.45) is 6.61. The van der Waals surface area contributed by atoms with Crippen LogP contribution in [-0.4, -0.2) is 24.1 Å². The molecular weight excluding hydrogens is 262 g/mol. The van der Waals surface area contributed by atoms with E-state index in [0.29, 0.717) is 6.04 Å². The Balaban J connectivity index is 1.93. The molecule has 2 rings (SSSR count). The lowest BCUT2D eigenvalue weighted by Gasteiger charge is -2.27. The van der Waals surface area contributed by atoms with Crippen LogP contribution in [0, 0.1) is 12.8 Å². The Hall–Kier alpha value is -0.470. The van der Waals surface area contributed by atoms with Crippen molar-refractivity contribution in [2.75, 3.05) is 18.1 Å². The third kappa shape index (κ3) is 5.14. The molecule has 20 heavy (non-hydrogen) atoms. The number of benzene rings is 1. The van der Waals surface area contributed by atoms with Gasteiger partial charge in [-0.3, -0.25) is 0 Å². The quantitative estimate of drug-likeness (QED) is 0.797. The number of thioether (sulfide) groups is 1. The van der Waals surface area contributed by atoms with E-state index in [-0.39, 0.29) is 0 Å². The number of aryl methyl sites for hydroxylation is 1. The van der Waals surface area contributed by atoms with Crippen molar-refractivity contribution in [3.8, 4) is 0 Å². The summed E-state index contributed by atoms with van der Waals surface area (Å²) in [5, 5.41) is 3.79.